The Labute approximate surface area is 128 Å². The molecule has 0 unspecified atom stereocenters. The van der Waals surface area contributed by atoms with Crippen molar-refractivity contribution in [1.82, 2.24) is 0 Å². The van der Waals surface area contributed by atoms with Crippen molar-refractivity contribution in [1.29, 1.82) is 0 Å². The number of hydrogen-bond donors (Lipinski definition) is 0. The molecule has 0 aliphatic carbocycles. The Hall–Kier alpha value is -2.48. The molecule has 0 aliphatic rings. The van der Waals surface area contributed by atoms with Crippen molar-refractivity contribution in [2.75, 3.05) is 13.9 Å². The van der Waals surface area contributed by atoms with Gasteiger partial charge in [-0.3, -0.25) is 40.5 Å². The van der Waals surface area contributed by atoms with Gasteiger partial charge in [-0.25, -0.2) is 0 Å². The maximum atomic E-state index is 10.9. The van der Waals surface area contributed by atoms with Crippen LogP contribution in [0.25, 0.3) is 0 Å². The van der Waals surface area contributed by atoms with Gasteiger partial charge in [-0.1, -0.05) is 0 Å². The number of hydrogen-bond acceptors (Lipinski definition) is 10. The summed E-state index contributed by atoms with van der Waals surface area (Å²) in [5, 5.41) is 43.7. The van der Waals surface area contributed by atoms with Crippen LogP contribution in [0, 0.1) is 40.5 Å². The molecule has 0 atom stereocenters. The number of nitrogens with zero attached hydrogens (tertiary/aromatic N) is 4. The zero-order valence-electron chi connectivity index (χ0n) is 12.6. The summed E-state index contributed by atoms with van der Waals surface area (Å²) in [7, 11) is 1.18. The van der Waals surface area contributed by atoms with E-state index in [2.05, 4.69) is 4.74 Å². The van der Waals surface area contributed by atoms with Gasteiger partial charge in [-0.15, -0.1) is 0 Å². The van der Waals surface area contributed by atoms with Crippen LogP contribution in [0.4, 0.5) is 0 Å². The van der Waals surface area contributed by atoms with Gasteiger partial charge in [-0.2, -0.15) is 0 Å². The topological polar surface area (TPSA) is 191 Å². The van der Waals surface area contributed by atoms with Gasteiger partial charge >= 0.3 is 11.3 Å². The molecule has 14 nitrogen and oxygen atoms in total. The van der Waals surface area contributed by atoms with E-state index < -0.39 is 56.8 Å². The van der Waals surface area contributed by atoms with Crippen LogP contribution in [0.3, 0.4) is 0 Å². The molecule has 0 aliphatic heterocycles. The molecule has 0 heterocycles. The summed E-state index contributed by atoms with van der Waals surface area (Å²) in [5.74, 6) is 0. The number of nitro groups is 4. The Kier molecular flexibility index (Phi) is 6.85. The molecule has 0 aromatic heterocycles. The monoisotopic (exact) mass is 340 g/mol. The molecule has 0 radical (unpaired) electrons. The molecule has 0 spiro atoms. The van der Waals surface area contributed by atoms with Crippen LogP contribution in [0.15, 0.2) is 0 Å². The molecule has 0 bridgehead atoms. The SMILES string of the molecule is COCOC(CC(C)([N+](=O)[O-])[N+](=O)[O-])CC(C)([N+](=O)[O-])[N+](=O)[O-]. The minimum atomic E-state index is -2.72. The van der Waals surface area contributed by atoms with Crippen LogP contribution in [0.1, 0.15) is 26.7 Å². The Bertz CT molecular complexity index is 427. The van der Waals surface area contributed by atoms with Gasteiger partial charge in [0.25, 0.3) is 0 Å². The molecule has 0 aromatic rings. The molecular formula is C9H16N4O10. The Balaban J connectivity index is 5.53. The van der Waals surface area contributed by atoms with Gasteiger partial charge < -0.3 is 9.47 Å². The predicted molar refractivity (Wildman–Crippen MR) is 70.8 cm³/mol. The number of methoxy groups -OCH3 is 1. The largest absolute Gasteiger partial charge is 0.458 e. The van der Waals surface area contributed by atoms with Crippen molar-refractivity contribution in [3.63, 3.8) is 0 Å². The van der Waals surface area contributed by atoms with E-state index in [-0.39, 0.29) is 0 Å². The van der Waals surface area contributed by atoms with Gasteiger partial charge in [0, 0.05) is 7.11 Å². The fourth-order valence-electron chi connectivity index (χ4n) is 1.65. The lowest BCUT2D eigenvalue weighted by atomic mass is 9.97. The third-order valence-corrected chi connectivity index (χ3v) is 3.22. The quantitative estimate of drug-likeness (QED) is 0.287. The van der Waals surface area contributed by atoms with Crippen molar-refractivity contribution in [3.05, 3.63) is 40.5 Å². The first-order chi connectivity index (χ1) is 10.4. The first-order valence-electron chi connectivity index (χ1n) is 6.10. The molecule has 0 saturated carbocycles. The van der Waals surface area contributed by atoms with E-state index in [4.69, 9.17) is 4.74 Å². The molecule has 0 rings (SSSR count). The summed E-state index contributed by atoms with van der Waals surface area (Å²) in [4.78, 5) is 38.9. The fourth-order valence-corrected chi connectivity index (χ4v) is 1.65. The molecule has 0 N–H and O–H groups in total. The highest BCUT2D eigenvalue weighted by atomic mass is 16.7. The van der Waals surface area contributed by atoms with E-state index in [9.17, 15) is 40.5 Å². The van der Waals surface area contributed by atoms with E-state index in [1.807, 2.05) is 0 Å². The maximum absolute atomic E-state index is 10.9. The van der Waals surface area contributed by atoms with Gasteiger partial charge in [0.2, 0.25) is 0 Å². The lowest BCUT2D eigenvalue weighted by Gasteiger charge is -2.22. The van der Waals surface area contributed by atoms with Crippen LogP contribution in [-0.4, -0.2) is 51.0 Å². The summed E-state index contributed by atoms with van der Waals surface area (Å²) in [6, 6.07) is 0. The van der Waals surface area contributed by atoms with E-state index in [1.165, 1.54) is 7.11 Å². The minimum Gasteiger partial charge on any atom is -0.359 e. The third-order valence-electron chi connectivity index (χ3n) is 3.22. The molecular weight excluding hydrogens is 324 g/mol. The molecule has 132 valence electrons. The number of rotatable bonds is 11. The standard InChI is InChI=1S/C9H16N4O10/c1-8(10(14)15,11(16)17)4-7(23-6-22-3)5-9(2,12(18)19)13(20)21/h7H,4-6H2,1-3H3. The average molecular weight is 340 g/mol. The maximum Gasteiger partial charge on any atom is 0.458 e. The first kappa shape index (κ1) is 20.5. The Morgan fingerprint density at radius 2 is 1.13 bits per heavy atom. The fraction of sp³-hybridized carbons (Fsp3) is 1.00. The molecule has 0 saturated heterocycles. The second-order valence-corrected chi connectivity index (χ2v) is 5.07. The normalized spacial score (nSPS) is 12.2. The summed E-state index contributed by atoms with van der Waals surface area (Å²) in [6.45, 7) is 0.874. The summed E-state index contributed by atoms with van der Waals surface area (Å²) in [5.41, 5.74) is -5.43. The van der Waals surface area contributed by atoms with Crippen molar-refractivity contribution >= 4 is 0 Å². The minimum absolute atomic E-state index is 0.498. The Morgan fingerprint density at radius 1 is 0.826 bits per heavy atom. The third kappa shape index (κ3) is 4.75. The van der Waals surface area contributed by atoms with Crippen LogP contribution >= 0.6 is 0 Å². The molecule has 0 amide bonds. The van der Waals surface area contributed by atoms with E-state index in [0.717, 1.165) is 0 Å². The van der Waals surface area contributed by atoms with Crippen molar-refractivity contribution in [2.45, 2.75) is 44.1 Å². The van der Waals surface area contributed by atoms with Gasteiger partial charge in [-0.05, 0) is 0 Å². The summed E-state index contributed by atoms with van der Waals surface area (Å²) < 4.78 is 9.48. The predicted octanol–water partition coefficient (Wildman–Crippen LogP) is 0.295. The molecule has 0 fully saturated rings. The molecule has 0 aromatic carbocycles. The van der Waals surface area contributed by atoms with E-state index in [1.54, 1.807) is 0 Å². The summed E-state index contributed by atoms with van der Waals surface area (Å²) >= 11 is 0. The van der Waals surface area contributed by atoms with Gasteiger partial charge in [0.05, 0.1) is 39.6 Å². The van der Waals surface area contributed by atoms with Crippen LogP contribution < -0.4 is 0 Å². The van der Waals surface area contributed by atoms with Crippen LogP contribution in [-0.2, 0) is 9.47 Å². The second-order valence-electron chi connectivity index (χ2n) is 5.07. The molecule has 23 heavy (non-hydrogen) atoms. The van der Waals surface area contributed by atoms with Crippen molar-refractivity contribution < 1.29 is 29.2 Å². The summed E-state index contributed by atoms with van der Waals surface area (Å²) in [6.07, 6.45) is -3.34. The Morgan fingerprint density at radius 3 is 1.35 bits per heavy atom. The van der Waals surface area contributed by atoms with Gasteiger partial charge in [0.15, 0.2) is 0 Å². The lowest BCUT2D eigenvalue weighted by Crippen LogP contribution is -2.51. The van der Waals surface area contributed by atoms with E-state index in [0.29, 0.717) is 13.8 Å². The zero-order valence-corrected chi connectivity index (χ0v) is 12.6. The zero-order chi connectivity index (χ0) is 18.4. The highest BCUT2D eigenvalue weighted by Gasteiger charge is 2.58. The highest BCUT2D eigenvalue weighted by molar-refractivity contribution is 4.75. The van der Waals surface area contributed by atoms with Crippen molar-refractivity contribution in [3.8, 4) is 0 Å². The van der Waals surface area contributed by atoms with Crippen LogP contribution in [0.2, 0.25) is 0 Å². The van der Waals surface area contributed by atoms with Crippen molar-refractivity contribution in [2.24, 2.45) is 0 Å². The smallest absolute Gasteiger partial charge is 0.359 e. The average Bonchev–Trinajstić information content (AvgIpc) is 2.43. The van der Waals surface area contributed by atoms with Gasteiger partial charge in [0.1, 0.15) is 19.6 Å². The highest BCUT2D eigenvalue weighted by Crippen LogP contribution is 2.27. The second kappa shape index (κ2) is 7.68. The van der Waals surface area contributed by atoms with E-state index >= 15 is 0 Å². The number of ether oxygens (including phenoxy) is 2. The molecule has 14 heteroatoms. The first-order valence-corrected chi connectivity index (χ1v) is 6.10. The lowest BCUT2D eigenvalue weighted by molar-refractivity contribution is -0.800. The van der Waals surface area contributed by atoms with Crippen LogP contribution in [0.5, 0.6) is 0 Å².